The van der Waals surface area contributed by atoms with E-state index in [2.05, 4.69) is 5.32 Å². The monoisotopic (exact) mass is 340 g/mol. The summed E-state index contributed by atoms with van der Waals surface area (Å²) in [5.74, 6) is 0.567. The van der Waals surface area contributed by atoms with Gasteiger partial charge in [0.25, 0.3) is 0 Å². The molecule has 0 aliphatic heterocycles. The van der Waals surface area contributed by atoms with Crippen LogP contribution < -0.4 is 15.0 Å². The van der Waals surface area contributed by atoms with Crippen molar-refractivity contribution in [2.45, 2.75) is 0 Å². The molecule has 0 atom stereocenters. The summed E-state index contributed by atoms with van der Waals surface area (Å²) in [6, 6.07) is 10.7. The lowest BCUT2D eigenvalue weighted by Gasteiger charge is -2.18. The number of amides is 2. The Bertz CT molecular complexity index is 662. The van der Waals surface area contributed by atoms with Gasteiger partial charge in [0, 0.05) is 17.8 Å². The van der Waals surface area contributed by atoms with Gasteiger partial charge in [-0.1, -0.05) is 23.2 Å². The molecule has 0 aromatic heterocycles. The fourth-order valence-electron chi connectivity index (χ4n) is 1.68. The van der Waals surface area contributed by atoms with Gasteiger partial charge < -0.3 is 15.2 Å². The van der Waals surface area contributed by atoms with E-state index in [1.807, 2.05) is 0 Å². The Kier molecular flexibility index (Phi) is 5.35. The minimum absolute atomic E-state index is 0.0391. The summed E-state index contributed by atoms with van der Waals surface area (Å²) in [4.78, 5) is 13.4. The molecule has 0 radical (unpaired) electrons. The first kappa shape index (κ1) is 16.3. The van der Waals surface area contributed by atoms with Gasteiger partial charge >= 0.3 is 6.03 Å². The number of hydrogen-bond donors (Lipinski definition) is 2. The van der Waals surface area contributed by atoms with Gasteiger partial charge in [-0.25, -0.2) is 4.79 Å². The molecule has 0 saturated carbocycles. The largest absolute Gasteiger partial charge is 0.508 e. The number of hydrogen-bond acceptors (Lipinski definition) is 3. The van der Waals surface area contributed by atoms with E-state index in [0.717, 1.165) is 0 Å². The van der Waals surface area contributed by atoms with E-state index in [1.165, 1.54) is 17.0 Å². The summed E-state index contributed by atoms with van der Waals surface area (Å²) in [5, 5.41) is 12.7. The first-order valence-electron chi connectivity index (χ1n) is 6.36. The fourth-order valence-corrected chi connectivity index (χ4v) is 2.14. The zero-order valence-electron chi connectivity index (χ0n) is 11.7. The minimum Gasteiger partial charge on any atom is -0.508 e. The summed E-state index contributed by atoms with van der Waals surface area (Å²) in [7, 11) is 1.61. The van der Waals surface area contributed by atoms with Crippen molar-refractivity contribution in [3.05, 3.63) is 52.5 Å². The smallest absolute Gasteiger partial charge is 0.324 e. The number of ether oxygens (including phenoxy) is 1. The number of carbonyl (C=O) groups excluding carboxylic acids is 1. The number of halogens is 2. The molecule has 2 N–H and O–H groups in total. The molecule has 7 heteroatoms. The Balaban J connectivity index is 1.88. The van der Waals surface area contributed by atoms with Gasteiger partial charge in [0.05, 0.1) is 5.02 Å². The average molecular weight is 341 g/mol. The Morgan fingerprint density at radius 3 is 2.55 bits per heavy atom. The van der Waals surface area contributed by atoms with Crippen molar-refractivity contribution in [1.82, 2.24) is 5.32 Å². The highest BCUT2D eigenvalue weighted by Gasteiger charge is 2.10. The highest BCUT2D eigenvalue weighted by Crippen LogP contribution is 2.27. The molecule has 0 fully saturated rings. The maximum absolute atomic E-state index is 12.0. The number of anilines is 1. The van der Waals surface area contributed by atoms with Crippen LogP contribution in [0.1, 0.15) is 0 Å². The fraction of sp³-hybridized carbons (Fsp3) is 0.133. The van der Waals surface area contributed by atoms with E-state index in [1.54, 1.807) is 37.4 Å². The first-order valence-corrected chi connectivity index (χ1v) is 7.11. The Morgan fingerprint density at radius 2 is 1.91 bits per heavy atom. The minimum atomic E-state index is -0.351. The summed E-state index contributed by atoms with van der Waals surface area (Å²) in [6.07, 6.45) is 0. The quantitative estimate of drug-likeness (QED) is 0.830. The van der Waals surface area contributed by atoms with Crippen molar-refractivity contribution >= 4 is 34.9 Å². The lowest BCUT2D eigenvalue weighted by atomic mass is 10.3. The molecular formula is C15H14Cl2N2O3. The van der Waals surface area contributed by atoms with Crippen molar-refractivity contribution < 1.29 is 14.6 Å². The van der Waals surface area contributed by atoms with Crippen LogP contribution in [0.25, 0.3) is 0 Å². The Morgan fingerprint density at radius 1 is 1.23 bits per heavy atom. The topological polar surface area (TPSA) is 61.8 Å². The highest BCUT2D eigenvalue weighted by molar-refractivity contribution is 6.35. The van der Waals surface area contributed by atoms with E-state index < -0.39 is 0 Å². The van der Waals surface area contributed by atoms with Gasteiger partial charge in [0.15, 0.2) is 6.73 Å². The van der Waals surface area contributed by atoms with E-state index in [0.29, 0.717) is 21.5 Å². The zero-order valence-corrected chi connectivity index (χ0v) is 13.2. The van der Waals surface area contributed by atoms with E-state index >= 15 is 0 Å². The lowest BCUT2D eigenvalue weighted by molar-refractivity contribution is 0.230. The standard InChI is InChI=1S/C15H14Cl2N2O3/c1-19(11-3-5-12(20)6-4-11)15(21)18-9-22-14-7-2-10(16)8-13(14)17/h2-8,20H,9H2,1H3,(H,18,21). The molecule has 116 valence electrons. The number of aromatic hydroxyl groups is 1. The zero-order chi connectivity index (χ0) is 16.1. The maximum atomic E-state index is 12.0. The van der Waals surface area contributed by atoms with Crippen LogP contribution in [0.3, 0.4) is 0 Å². The Labute approximate surface area is 138 Å². The van der Waals surface area contributed by atoms with Crippen LogP contribution in [0.15, 0.2) is 42.5 Å². The second-order valence-corrected chi connectivity index (χ2v) is 5.26. The number of rotatable bonds is 4. The van der Waals surface area contributed by atoms with Crippen molar-refractivity contribution in [1.29, 1.82) is 0 Å². The first-order chi connectivity index (χ1) is 10.5. The molecule has 5 nitrogen and oxygen atoms in total. The van der Waals surface area contributed by atoms with Gasteiger partial charge in [-0.15, -0.1) is 0 Å². The lowest BCUT2D eigenvalue weighted by Crippen LogP contribution is -2.39. The molecule has 0 aliphatic carbocycles. The molecule has 0 aliphatic rings. The van der Waals surface area contributed by atoms with E-state index in [4.69, 9.17) is 27.9 Å². The molecule has 0 bridgehead atoms. The molecule has 22 heavy (non-hydrogen) atoms. The van der Waals surface area contributed by atoms with Crippen molar-refractivity contribution in [2.24, 2.45) is 0 Å². The normalized spacial score (nSPS) is 10.1. The summed E-state index contributed by atoms with van der Waals surface area (Å²) in [5.41, 5.74) is 0.639. The molecular weight excluding hydrogens is 327 g/mol. The number of carbonyl (C=O) groups is 1. The van der Waals surface area contributed by atoms with Crippen molar-refractivity contribution in [3.63, 3.8) is 0 Å². The van der Waals surface area contributed by atoms with Crippen LogP contribution in [-0.4, -0.2) is 24.9 Å². The van der Waals surface area contributed by atoms with Gasteiger partial charge in [0.1, 0.15) is 11.5 Å². The van der Waals surface area contributed by atoms with Crippen LogP contribution >= 0.6 is 23.2 Å². The third-order valence-electron chi connectivity index (χ3n) is 2.89. The number of nitrogens with zero attached hydrogens (tertiary/aromatic N) is 1. The van der Waals surface area contributed by atoms with E-state index in [9.17, 15) is 9.90 Å². The molecule has 2 rings (SSSR count). The number of benzene rings is 2. The number of nitrogens with one attached hydrogen (secondary N) is 1. The van der Waals surface area contributed by atoms with Crippen molar-refractivity contribution in [3.8, 4) is 11.5 Å². The molecule has 0 saturated heterocycles. The second-order valence-electron chi connectivity index (χ2n) is 4.42. The third-order valence-corrected chi connectivity index (χ3v) is 3.42. The van der Waals surface area contributed by atoms with Crippen LogP contribution in [0.5, 0.6) is 11.5 Å². The van der Waals surface area contributed by atoms with Crippen LogP contribution in [0.4, 0.5) is 10.5 Å². The summed E-state index contributed by atoms with van der Waals surface area (Å²) in [6.45, 7) is -0.0391. The SMILES string of the molecule is CN(C(=O)NCOc1ccc(Cl)cc1Cl)c1ccc(O)cc1. The predicted octanol–water partition coefficient (Wildman–Crippen LogP) is 3.88. The molecule has 2 aromatic rings. The number of phenolic OH excluding ortho intramolecular Hbond substituents is 1. The third kappa shape index (κ3) is 4.19. The van der Waals surface area contributed by atoms with Crippen LogP contribution in [-0.2, 0) is 0 Å². The van der Waals surface area contributed by atoms with Crippen LogP contribution in [0.2, 0.25) is 10.0 Å². The maximum Gasteiger partial charge on any atom is 0.324 e. The molecule has 2 amide bonds. The molecule has 0 spiro atoms. The highest BCUT2D eigenvalue weighted by atomic mass is 35.5. The van der Waals surface area contributed by atoms with E-state index in [-0.39, 0.29) is 18.5 Å². The molecule has 0 heterocycles. The predicted molar refractivity (Wildman–Crippen MR) is 87.0 cm³/mol. The Hall–Kier alpha value is -2.11. The van der Waals surface area contributed by atoms with Gasteiger partial charge in [-0.05, 0) is 42.5 Å². The van der Waals surface area contributed by atoms with Gasteiger partial charge in [-0.2, -0.15) is 0 Å². The van der Waals surface area contributed by atoms with Gasteiger partial charge in [0.2, 0.25) is 0 Å². The van der Waals surface area contributed by atoms with Crippen molar-refractivity contribution in [2.75, 3.05) is 18.7 Å². The summed E-state index contributed by atoms with van der Waals surface area (Å²) < 4.78 is 5.38. The second kappa shape index (κ2) is 7.24. The van der Waals surface area contributed by atoms with Gasteiger partial charge in [-0.3, -0.25) is 4.90 Å². The molecule has 2 aromatic carbocycles. The number of phenols is 1. The average Bonchev–Trinajstić information content (AvgIpc) is 2.49. The number of urea groups is 1. The molecule has 0 unspecified atom stereocenters. The van der Waals surface area contributed by atoms with Crippen LogP contribution in [0, 0.1) is 0 Å². The summed E-state index contributed by atoms with van der Waals surface area (Å²) >= 11 is 11.7.